The molecule has 1 aromatic carbocycles. The molecule has 90 valence electrons. The zero-order chi connectivity index (χ0) is 12.7. The Bertz CT molecular complexity index is 832. The average Bonchev–Trinajstić information content (AvgIpc) is 2.80. The number of hydrogen-bond acceptors (Lipinski definition) is 4. The Morgan fingerprint density at radius 3 is 2.78 bits per heavy atom. The van der Waals surface area contributed by atoms with E-state index in [0.717, 1.165) is 9.26 Å². The van der Waals surface area contributed by atoms with E-state index >= 15 is 0 Å². The van der Waals surface area contributed by atoms with Crippen LogP contribution in [0.5, 0.6) is 0 Å². The van der Waals surface area contributed by atoms with Crippen molar-refractivity contribution in [3.63, 3.8) is 0 Å². The minimum Gasteiger partial charge on any atom is -0.322 e. The number of nitrogens with one attached hydrogen (secondary N) is 1. The van der Waals surface area contributed by atoms with Crippen molar-refractivity contribution in [2.24, 2.45) is 0 Å². The van der Waals surface area contributed by atoms with Crippen molar-refractivity contribution in [1.29, 1.82) is 0 Å². The number of nitrogens with zero attached hydrogens (tertiary/aromatic N) is 2. The molecule has 0 aliphatic rings. The summed E-state index contributed by atoms with van der Waals surface area (Å²) < 4.78 is 2.96. The standard InChI is InChI=1S/C11H6IN3OS2/c12-6-1-3-7(4-2-6)15-10(16)8-9(14-11(15)17)18-5-13-8/h1-5H,(H,14,17). The molecule has 0 aliphatic heterocycles. The summed E-state index contributed by atoms with van der Waals surface area (Å²) in [5.74, 6) is 0. The molecule has 0 atom stereocenters. The molecule has 0 saturated heterocycles. The molecule has 0 saturated carbocycles. The van der Waals surface area contributed by atoms with Crippen LogP contribution in [0.2, 0.25) is 0 Å². The summed E-state index contributed by atoms with van der Waals surface area (Å²) in [7, 11) is 0. The van der Waals surface area contributed by atoms with Crippen molar-refractivity contribution in [1.82, 2.24) is 14.5 Å². The first kappa shape index (κ1) is 12.0. The second kappa shape index (κ2) is 4.56. The van der Waals surface area contributed by atoms with Crippen molar-refractivity contribution in [3.8, 4) is 5.69 Å². The molecular formula is C11H6IN3OS2. The van der Waals surface area contributed by atoms with E-state index in [0.29, 0.717) is 15.1 Å². The maximum absolute atomic E-state index is 12.3. The third-order valence-electron chi connectivity index (χ3n) is 2.48. The third-order valence-corrected chi connectivity index (χ3v) is 4.23. The maximum Gasteiger partial charge on any atom is 0.286 e. The second-order valence-electron chi connectivity index (χ2n) is 3.58. The first-order valence-corrected chi connectivity index (χ1v) is 7.38. The van der Waals surface area contributed by atoms with E-state index < -0.39 is 0 Å². The molecule has 18 heavy (non-hydrogen) atoms. The van der Waals surface area contributed by atoms with Crippen LogP contribution in [0.1, 0.15) is 0 Å². The number of thiazole rings is 1. The summed E-state index contributed by atoms with van der Waals surface area (Å²) in [4.78, 5) is 20.1. The summed E-state index contributed by atoms with van der Waals surface area (Å²) in [6.45, 7) is 0. The maximum atomic E-state index is 12.3. The first-order valence-electron chi connectivity index (χ1n) is 5.01. The third kappa shape index (κ3) is 1.91. The van der Waals surface area contributed by atoms with Gasteiger partial charge in [-0.3, -0.25) is 9.36 Å². The van der Waals surface area contributed by atoms with Crippen molar-refractivity contribution < 1.29 is 0 Å². The molecule has 2 heterocycles. The van der Waals surface area contributed by atoms with Crippen LogP contribution in [0.15, 0.2) is 34.6 Å². The van der Waals surface area contributed by atoms with Crippen molar-refractivity contribution in [2.45, 2.75) is 0 Å². The monoisotopic (exact) mass is 387 g/mol. The lowest BCUT2D eigenvalue weighted by molar-refractivity contribution is 0.938. The lowest BCUT2D eigenvalue weighted by atomic mass is 10.3. The quantitative estimate of drug-likeness (QED) is 0.516. The van der Waals surface area contributed by atoms with Crippen molar-refractivity contribution in [2.75, 3.05) is 0 Å². The van der Waals surface area contributed by atoms with Crippen LogP contribution in [-0.2, 0) is 0 Å². The summed E-state index contributed by atoms with van der Waals surface area (Å²) in [6, 6.07) is 7.60. The van der Waals surface area contributed by atoms with Gasteiger partial charge in [0.05, 0.1) is 11.2 Å². The van der Waals surface area contributed by atoms with Crippen molar-refractivity contribution >= 4 is 56.5 Å². The predicted molar refractivity (Wildman–Crippen MR) is 83.1 cm³/mol. The molecular weight excluding hydrogens is 381 g/mol. The number of halogens is 1. The lowest BCUT2D eigenvalue weighted by Gasteiger charge is -2.05. The van der Waals surface area contributed by atoms with Gasteiger partial charge in [0.15, 0.2) is 10.3 Å². The van der Waals surface area contributed by atoms with Crippen LogP contribution in [-0.4, -0.2) is 14.5 Å². The zero-order valence-corrected chi connectivity index (χ0v) is 12.7. The van der Waals surface area contributed by atoms with Crippen molar-refractivity contribution in [3.05, 3.63) is 48.5 Å². The van der Waals surface area contributed by atoms with Gasteiger partial charge in [-0.25, -0.2) is 4.98 Å². The first-order chi connectivity index (χ1) is 8.66. The van der Waals surface area contributed by atoms with E-state index in [1.165, 1.54) is 15.9 Å². The van der Waals surface area contributed by atoms with Gasteiger partial charge in [0, 0.05) is 3.57 Å². The molecule has 0 radical (unpaired) electrons. The highest BCUT2D eigenvalue weighted by Gasteiger charge is 2.09. The van der Waals surface area contributed by atoms with E-state index in [1.54, 1.807) is 5.51 Å². The number of hydrogen-bond donors (Lipinski definition) is 1. The number of rotatable bonds is 1. The summed E-state index contributed by atoms with van der Waals surface area (Å²) >= 11 is 8.82. The molecule has 0 unspecified atom stereocenters. The summed E-state index contributed by atoms with van der Waals surface area (Å²) in [6.07, 6.45) is 0. The minimum atomic E-state index is -0.184. The SMILES string of the molecule is O=c1c2ncsc2[nH]c(=S)n1-c1ccc(I)cc1. The van der Waals surface area contributed by atoms with Gasteiger partial charge >= 0.3 is 0 Å². The largest absolute Gasteiger partial charge is 0.322 e. The van der Waals surface area contributed by atoms with Crippen LogP contribution in [0, 0.1) is 8.34 Å². The normalized spacial score (nSPS) is 10.9. The highest BCUT2D eigenvalue weighted by atomic mass is 127. The number of aromatic nitrogens is 3. The molecule has 3 rings (SSSR count). The topological polar surface area (TPSA) is 50.7 Å². The Morgan fingerprint density at radius 1 is 1.33 bits per heavy atom. The number of fused-ring (bicyclic) bond motifs is 1. The smallest absolute Gasteiger partial charge is 0.286 e. The Balaban J connectivity index is 2.38. The highest BCUT2D eigenvalue weighted by molar-refractivity contribution is 14.1. The van der Waals surface area contributed by atoms with E-state index in [1.807, 2.05) is 24.3 Å². The molecule has 0 spiro atoms. The number of aromatic amines is 1. The highest BCUT2D eigenvalue weighted by Crippen LogP contribution is 2.14. The van der Waals surface area contributed by atoms with Gasteiger partial charge in [0.1, 0.15) is 4.83 Å². The fourth-order valence-corrected chi connectivity index (χ4v) is 3.05. The van der Waals surface area contributed by atoms with Crippen LogP contribution in [0.25, 0.3) is 16.0 Å². The molecule has 0 aliphatic carbocycles. The summed E-state index contributed by atoms with van der Waals surface area (Å²) in [5, 5.41) is 0. The Hall–Kier alpha value is -1.06. The molecule has 4 nitrogen and oxygen atoms in total. The number of H-pyrrole nitrogens is 1. The van der Waals surface area contributed by atoms with Gasteiger partial charge in [-0.2, -0.15) is 0 Å². The van der Waals surface area contributed by atoms with Gasteiger partial charge in [-0.05, 0) is 59.1 Å². The minimum absolute atomic E-state index is 0.184. The van der Waals surface area contributed by atoms with Crippen LogP contribution < -0.4 is 5.56 Å². The average molecular weight is 387 g/mol. The predicted octanol–water partition coefficient (Wildman–Crippen LogP) is 3.11. The van der Waals surface area contributed by atoms with Crippen LogP contribution >= 0.6 is 46.1 Å². The van der Waals surface area contributed by atoms with Gasteiger partial charge in [-0.1, -0.05) is 0 Å². The van der Waals surface area contributed by atoms with Gasteiger partial charge in [0.25, 0.3) is 5.56 Å². The fraction of sp³-hybridized carbons (Fsp3) is 0. The van der Waals surface area contributed by atoms with Crippen LogP contribution in [0.4, 0.5) is 0 Å². The Labute approximate surface area is 124 Å². The molecule has 3 aromatic rings. The van der Waals surface area contributed by atoms with Crippen LogP contribution in [0.3, 0.4) is 0 Å². The Kier molecular flexibility index (Phi) is 3.04. The van der Waals surface area contributed by atoms with E-state index in [2.05, 4.69) is 32.6 Å². The zero-order valence-electron chi connectivity index (χ0n) is 8.88. The molecule has 7 heteroatoms. The number of benzene rings is 1. The molecule has 0 bridgehead atoms. The molecule has 2 aromatic heterocycles. The lowest BCUT2D eigenvalue weighted by Crippen LogP contribution is -2.20. The van der Waals surface area contributed by atoms with E-state index in [9.17, 15) is 4.79 Å². The van der Waals surface area contributed by atoms with E-state index in [-0.39, 0.29) is 5.56 Å². The van der Waals surface area contributed by atoms with E-state index in [4.69, 9.17) is 12.2 Å². The van der Waals surface area contributed by atoms with Gasteiger partial charge < -0.3 is 4.98 Å². The van der Waals surface area contributed by atoms with Gasteiger partial charge in [-0.15, -0.1) is 11.3 Å². The Morgan fingerprint density at radius 2 is 2.06 bits per heavy atom. The fourth-order valence-electron chi connectivity index (χ4n) is 1.66. The molecule has 1 N–H and O–H groups in total. The second-order valence-corrected chi connectivity index (χ2v) is 6.06. The molecule has 0 fully saturated rings. The molecule has 0 amide bonds. The van der Waals surface area contributed by atoms with Gasteiger partial charge in [0.2, 0.25) is 0 Å². The summed E-state index contributed by atoms with van der Waals surface area (Å²) in [5.41, 5.74) is 2.62.